The number of carbonyl (C=O) groups is 2. The Morgan fingerprint density at radius 3 is 2.17 bits per heavy atom. The molecule has 0 spiro atoms. The van der Waals surface area contributed by atoms with Gasteiger partial charge in [0.05, 0.1) is 67.7 Å². The maximum absolute atomic E-state index is 13.7. The zero-order valence-corrected chi connectivity index (χ0v) is 37.5. The molecule has 4 atom stereocenters. The monoisotopic (exact) mass is 827 g/mol. The van der Waals surface area contributed by atoms with E-state index in [4.69, 9.17) is 21.2 Å². The summed E-state index contributed by atoms with van der Waals surface area (Å²) in [6, 6.07) is 23.8. The normalized spacial score (nSPS) is 15.4. The molecule has 0 radical (unpaired) electrons. The van der Waals surface area contributed by atoms with Crippen molar-refractivity contribution in [2.24, 2.45) is 23.3 Å². The van der Waals surface area contributed by atoms with Crippen molar-refractivity contribution in [3.8, 4) is 39.5 Å². The highest BCUT2D eigenvalue weighted by molar-refractivity contribution is 6.76. The van der Waals surface area contributed by atoms with E-state index in [1.807, 2.05) is 70.1 Å². The van der Waals surface area contributed by atoms with Crippen LogP contribution in [0.15, 0.2) is 85.2 Å². The second kappa shape index (κ2) is 17.2. The predicted octanol–water partition coefficient (Wildman–Crippen LogP) is 8.50. The van der Waals surface area contributed by atoms with Gasteiger partial charge >= 0.3 is 0 Å². The number of H-pyrrole nitrogens is 2. The van der Waals surface area contributed by atoms with Crippen molar-refractivity contribution in [2.45, 2.75) is 98.5 Å². The van der Waals surface area contributed by atoms with E-state index in [0.29, 0.717) is 25.1 Å². The van der Waals surface area contributed by atoms with Crippen LogP contribution in [0.25, 0.3) is 44.7 Å². The Labute approximate surface area is 354 Å². The van der Waals surface area contributed by atoms with Gasteiger partial charge in [-0.2, -0.15) is 0 Å². The third kappa shape index (κ3) is 8.70. The molecule has 0 fully saturated rings. The van der Waals surface area contributed by atoms with Gasteiger partial charge in [0, 0.05) is 40.4 Å². The molecule has 0 bridgehead atoms. The first-order valence-corrected chi connectivity index (χ1v) is 25.0. The predicted molar refractivity (Wildman–Crippen MR) is 243 cm³/mol. The average molecular weight is 828 g/mol. The molecular weight excluding hydrogens is 767 g/mol. The molecule has 6 N–H and O–H groups in total. The van der Waals surface area contributed by atoms with Crippen LogP contribution >= 0.6 is 0 Å². The number of nitrogens with one attached hydrogen (secondary N) is 2. The molecule has 12 nitrogen and oxygen atoms in total. The van der Waals surface area contributed by atoms with Crippen molar-refractivity contribution in [3.63, 3.8) is 0 Å². The molecule has 4 unspecified atom stereocenters. The number of fused-ring (bicyclic) bond motifs is 5. The van der Waals surface area contributed by atoms with Gasteiger partial charge in [-0.05, 0) is 55.5 Å². The van der Waals surface area contributed by atoms with Crippen LogP contribution in [0.1, 0.15) is 77.4 Å². The molecule has 0 saturated heterocycles. The Hall–Kier alpha value is -5.50. The molecule has 3 aromatic carbocycles. The van der Waals surface area contributed by atoms with Gasteiger partial charge < -0.3 is 40.5 Å². The van der Waals surface area contributed by atoms with Gasteiger partial charge in [0.1, 0.15) is 17.4 Å². The van der Waals surface area contributed by atoms with Gasteiger partial charge in [0.25, 0.3) is 0 Å². The Balaban J connectivity index is 1.21. The van der Waals surface area contributed by atoms with Gasteiger partial charge in [-0.25, -0.2) is 9.97 Å². The molecule has 6 aromatic rings. The number of amides is 2. The van der Waals surface area contributed by atoms with Crippen molar-refractivity contribution in [1.29, 1.82) is 0 Å². The molecule has 316 valence electrons. The standard InChI is InChI=1S/C47H61N9O3Si/c1-10-20-54(45(57)42(48)28(2)3)26-41-50-24-36(52-41)33-16-18-35-39-22-34-21-32(17-19-38(34)56(39)47(59-40(35)23-33)31-14-12-11-13-15-31)37-25-51-44(53-37)30(6)55(27-60(7,8)9)46(58)43(49)29(4)5/h11-19,21-25,28-30,42-43,47H,10,20,26-27,48-49H2,1-9H3,(H,50,52)(H,51,53). The van der Waals surface area contributed by atoms with Crippen LogP contribution in [0.4, 0.5) is 0 Å². The lowest BCUT2D eigenvalue weighted by Crippen LogP contribution is -2.52. The Bertz CT molecular complexity index is 2460. The zero-order chi connectivity index (χ0) is 43.0. The number of ether oxygens (including phenoxy) is 1. The van der Waals surface area contributed by atoms with E-state index in [-0.39, 0.29) is 29.7 Å². The summed E-state index contributed by atoms with van der Waals surface area (Å²) in [6.45, 7) is 19.7. The summed E-state index contributed by atoms with van der Waals surface area (Å²) in [6.07, 6.45) is 4.78. The summed E-state index contributed by atoms with van der Waals surface area (Å²) in [5.41, 5.74) is 20.4. The van der Waals surface area contributed by atoms with Crippen LogP contribution in [0, 0.1) is 11.8 Å². The highest BCUT2D eigenvalue weighted by Crippen LogP contribution is 2.46. The fourth-order valence-corrected chi connectivity index (χ4v) is 9.36. The van der Waals surface area contributed by atoms with Crippen LogP contribution in [0.3, 0.4) is 0 Å². The van der Waals surface area contributed by atoms with Crippen molar-refractivity contribution in [3.05, 3.63) is 102 Å². The number of nitrogens with two attached hydrogens (primary N) is 2. The van der Waals surface area contributed by atoms with Crippen molar-refractivity contribution in [2.75, 3.05) is 12.7 Å². The Kier molecular flexibility index (Phi) is 12.2. The van der Waals surface area contributed by atoms with Crippen LogP contribution in [-0.4, -0.2) is 79.0 Å². The summed E-state index contributed by atoms with van der Waals surface area (Å²) in [5, 5.41) is 1.06. The molecule has 1 aliphatic rings. The summed E-state index contributed by atoms with van der Waals surface area (Å²) >= 11 is 0. The largest absolute Gasteiger partial charge is 0.465 e. The van der Waals surface area contributed by atoms with Gasteiger partial charge in [-0.3, -0.25) is 9.59 Å². The van der Waals surface area contributed by atoms with E-state index >= 15 is 0 Å². The lowest BCUT2D eigenvalue weighted by Gasteiger charge is -2.35. The Morgan fingerprint density at radius 2 is 1.48 bits per heavy atom. The number of benzene rings is 3. The van der Waals surface area contributed by atoms with Gasteiger partial charge in [-0.15, -0.1) is 0 Å². The fraction of sp³-hybridized carbons (Fsp3) is 0.404. The molecule has 2 amide bonds. The number of aromatic nitrogens is 5. The topological polar surface area (TPSA) is 164 Å². The number of aromatic amines is 2. The molecule has 0 aliphatic carbocycles. The first-order valence-electron chi connectivity index (χ1n) is 21.3. The first-order chi connectivity index (χ1) is 28.5. The maximum atomic E-state index is 13.7. The number of nitrogens with zero attached hydrogens (tertiary/aromatic N) is 5. The van der Waals surface area contributed by atoms with Crippen LogP contribution in [0.2, 0.25) is 19.6 Å². The van der Waals surface area contributed by atoms with Crippen LogP contribution in [-0.2, 0) is 16.1 Å². The van der Waals surface area contributed by atoms with E-state index in [2.05, 4.69) is 101 Å². The summed E-state index contributed by atoms with van der Waals surface area (Å²) in [7, 11) is -1.67. The smallest absolute Gasteiger partial charge is 0.240 e. The Morgan fingerprint density at radius 1 is 0.833 bits per heavy atom. The minimum absolute atomic E-state index is 0.0346. The van der Waals surface area contributed by atoms with Crippen LogP contribution in [0.5, 0.6) is 5.75 Å². The second-order valence-corrected chi connectivity index (χ2v) is 23.6. The molecule has 60 heavy (non-hydrogen) atoms. The summed E-state index contributed by atoms with van der Waals surface area (Å²) < 4.78 is 9.18. The van der Waals surface area contributed by atoms with E-state index in [1.165, 1.54) is 0 Å². The molecule has 4 heterocycles. The highest BCUT2D eigenvalue weighted by atomic mass is 28.3. The average Bonchev–Trinajstić information content (AvgIpc) is 4.00. The number of carbonyl (C=O) groups excluding carboxylic acids is 2. The zero-order valence-electron chi connectivity index (χ0n) is 36.5. The van der Waals surface area contributed by atoms with Crippen LogP contribution < -0.4 is 16.2 Å². The fourth-order valence-electron chi connectivity index (χ4n) is 7.91. The van der Waals surface area contributed by atoms with E-state index in [9.17, 15) is 9.59 Å². The van der Waals surface area contributed by atoms with Gasteiger partial charge in [-0.1, -0.05) is 96.7 Å². The number of hydrogen-bond donors (Lipinski definition) is 4. The molecule has 7 rings (SSSR count). The molecular formula is C47H61N9O3Si. The van der Waals surface area contributed by atoms with Gasteiger partial charge in [0.15, 0.2) is 0 Å². The molecule has 3 aromatic heterocycles. The van der Waals surface area contributed by atoms with Crippen molar-refractivity contribution < 1.29 is 14.3 Å². The van der Waals surface area contributed by atoms with E-state index < -0.39 is 26.4 Å². The van der Waals surface area contributed by atoms with E-state index in [0.717, 1.165) is 68.2 Å². The number of hydrogen-bond acceptors (Lipinski definition) is 7. The third-order valence-electron chi connectivity index (χ3n) is 11.4. The minimum atomic E-state index is -1.67. The van der Waals surface area contributed by atoms with Gasteiger partial charge in [0.2, 0.25) is 18.0 Å². The second-order valence-electron chi connectivity index (χ2n) is 18.2. The SMILES string of the molecule is CCCN(Cc1ncc(-c2ccc3c(c2)OC(c2ccccc2)n2c-3cc3cc(-c4cnc(C(C)N(C[Si](C)(C)C)C(=O)C(N)C(C)C)[nH]4)ccc32)[nH]1)C(=O)C(N)C(C)C. The van der Waals surface area contributed by atoms with Crippen molar-refractivity contribution >= 4 is 30.8 Å². The number of imidazole rings is 2. The lowest BCUT2D eigenvalue weighted by molar-refractivity contribution is -0.135. The quantitative estimate of drug-likeness (QED) is 0.0754. The van der Waals surface area contributed by atoms with E-state index in [1.54, 1.807) is 4.90 Å². The maximum Gasteiger partial charge on any atom is 0.240 e. The summed E-state index contributed by atoms with van der Waals surface area (Å²) in [4.78, 5) is 47.0. The first kappa shape index (κ1) is 42.6. The number of rotatable bonds is 15. The minimum Gasteiger partial charge on any atom is -0.465 e. The lowest BCUT2D eigenvalue weighted by atomic mass is 10.0. The molecule has 13 heteroatoms. The van der Waals surface area contributed by atoms with Crippen molar-refractivity contribution in [1.82, 2.24) is 34.3 Å². The third-order valence-corrected chi connectivity index (χ3v) is 12.7. The molecule has 0 saturated carbocycles. The summed E-state index contributed by atoms with van der Waals surface area (Å²) in [5.74, 6) is 2.18. The highest BCUT2D eigenvalue weighted by Gasteiger charge is 2.34. The molecule has 1 aliphatic heterocycles.